The van der Waals surface area contributed by atoms with Crippen molar-refractivity contribution in [2.45, 2.75) is 138 Å². The molecule has 0 aromatic rings. The van der Waals surface area contributed by atoms with Crippen LogP contribution in [0.2, 0.25) is 0 Å². The summed E-state index contributed by atoms with van der Waals surface area (Å²) in [7, 11) is 1.55. The molecule has 0 unspecified atom stereocenters. The average Bonchev–Trinajstić information content (AvgIpc) is 2.56. The Kier molecular flexibility index (Phi) is 10.4. The monoisotopic (exact) mass is 490 g/mol. The van der Waals surface area contributed by atoms with E-state index in [4.69, 9.17) is 11.7 Å². The number of rotatable bonds is 12. The molecule has 192 valence electrons. The summed E-state index contributed by atoms with van der Waals surface area (Å²) in [6.45, 7) is 29.9. The molecule has 1 amide bonds. The molecule has 5 nitrogen and oxygen atoms in total. The van der Waals surface area contributed by atoms with E-state index in [1.54, 1.807) is 10.8 Å². The van der Waals surface area contributed by atoms with Gasteiger partial charge >= 0.3 is 0 Å². The number of hydrogen-bond acceptors (Lipinski definition) is 6. The van der Waals surface area contributed by atoms with Gasteiger partial charge in [-0.25, -0.2) is 10.9 Å². The first-order valence-electron chi connectivity index (χ1n) is 11.8. The molecule has 32 heavy (non-hydrogen) atoms. The van der Waals surface area contributed by atoms with Crippen LogP contribution in [0.1, 0.15) is 116 Å². The van der Waals surface area contributed by atoms with Gasteiger partial charge < -0.3 is 0 Å². The molecule has 0 atom stereocenters. The SMILES string of the molecule is CC(C)C(C)(C)CC(C)(C)N(N)C(=O)C(C)(C)CC(C)(C)N(N)C(C)(C)CC(C)(C)SS. The summed E-state index contributed by atoms with van der Waals surface area (Å²) in [4.78, 5) is 13.6. The standard InChI is InChI=1S/C25H54N4OS2/c1-18(2)20(3,4)15-22(7,8)28(26)19(30)21(5,6)16-23(9,10)29(27)24(11,12)17-25(13,14)32-31/h18,31H,15-17,26-27H2,1-14H3. The smallest absolute Gasteiger partial charge is 0.242 e. The van der Waals surface area contributed by atoms with Crippen LogP contribution in [-0.4, -0.2) is 37.3 Å². The van der Waals surface area contributed by atoms with E-state index in [0.717, 1.165) is 12.8 Å². The molecule has 4 N–H and O–H groups in total. The van der Waals surface area contributed by atoms with Crippen LogP contribution >= 0.6 is 22.5 Å². The van der Waals surface area contributed by atoms with Crippen molar-refractivity contribution >= 4 is 28.4 Å². The summed E-state index contributed by atoms with van der Waals surface area (Å²) in [6.07, 6.45) is 2.28. The molecular formula is C25H54N4OS2. The van der Waals surface area contributed by atoms with Crippen molar-refractivity contribution in [2.75, 3.05) is 0 Å². The molecular weight excluding hydrogens is 436 g/mol. The van der Waals surface area contributed by atoms with E-state index in [-0.39, 0.29) is 21.6 Å². The fraction of sp³-hybridized carbons (Fsp3) is 0.960. The van der Waals surface area contributed by atoms with Crippen LogP contribution in [0, 0.1) is 16.7 Å². The van der Waals surface area contributed by atoms with Crippen LogP contribution in [0.3, 0.4) is 0 Å². The van der Waals surface area contributed by atoms with E-state index in [2.05, 4.69) is 94.7 Å². The highest BCUT2D eigenvalue weighted by atomic mass is 33.1. The summed E-state index contributed by atoms with van der Waals surface area (Å²) in [6, 6.07) is 0. The molecule has 0 heterocycles. The Hall–Kier alpha value is 0.0500. The maximum atomic E-state index is 13.6. The zero-order valence-electron chi connectivity index (χ0n) is 23.5. The van der Waals surface area contributed by atoms with Crippen molar-refractivity contribution in [1.29, 1.82) is 0 Å². The molecule has 0 aliphatic rings. The van der Waals surface area contributed by atoms with Gasteiger partial charge in [0.05, 0.1) is 5.54 Å². The zero-order chi connectivity index (χ0) is 26.1. The van der Waals surface area contributed by atoms with Gasteiger partial charge in [0, 0.05) is 21.2 Å². The second kappa shape index (κ2) is 10.3. The lowest BCUT2D eigenvalue weighted by atomic mass is 9.71. The van der Waals surface area contributed by atoms with E-state index in [1.165, 1.54) is 5.01 Å². The quantitative estimate of drug-likeness (QED) is 0.0965. The van der Waals surface area contributed by atoms with Crippen molar-refractivity contribution in [2.24, 2.45) is 28.4 Å². The van der Waals surface area contributed by atoms with Gasteiger partial charge in [0.15, 0.2) is 0 Å². The molecule has 7 heteroatoms. The van der Waals surface area contributed by atoms with E-state index in [0.29, 0.717) is 12.3 Å². The first kappa shape index (κ1) is 32.0. The lowest BCUT2D eigenvalue weighted by molar-refractivity contribution is -0.151. The Bertz CT molecular complexity index is 640. The Morgan fingerprint density at radius 2 is 1.19 bits per heavy atom. The molecule has 0 rings (SSSR count). The minimum atomic E-state index is -0.668. The normalized spacial score (nSPS) is 15.0. The molecule has 0 aromatic carbocycles. The van der Waals surface area contributed by atoms with Crippen LogP contribution in [0.15, 0.2) is 0 Å². The maximum absolute atomic E-state index is 13.6. The van der Waals surface area contributed by atoms with Crippen LogP contribution in [-0.2, 0) is 4.79 Å². The Balaban J connectivity index is 5.67. The minimum Gasteiger partial charge on any atom is -0.275 e. The number of hydrogen-bond donors (Lipinski definition) is 3. The minimum absolute atomic E-state index is 0.0209. The molecule has 0 bridgehead atoms. The fourth-order valence-corrected chi connectivity index (χ4v) is 5.84. The number of hydrazine groups is 2. The second-order valence-electron chi connectivity index (χ2n) is 13.9. The molecule has 0 aliphatic heterocycles. The highest BCUT2D eigenvalue weighted by Gasteiger charge is 2.46. The van der Waals surface area contributed by atoms with Crippen molar-refractivity contribution in [1.82, 2.24) is 10.0 Å². The van der Waals surface area contributed by atoms with Gasteiger partial charge in [-0.1, -0.05) is 52.3 Å². The fourth-order valence-electron chi connectivity index (χ4n) is 5.23. The molecule has 0 saturated heterocycles. The van der Waals surface area contributed by atoms with E-state index >= 15 is 0 Å². The third kappa shape index (κ3) is 8.37. The summed E-state index contributed by atoms with van der Waals surface area (Å²) in [5, 5.41) is 3.40. The number of nitrogens with zero attached hydrogens (tertiary/aromatic N) is 2. The van der Waals surface area contributed by atoms with E-state index < -0.39 is 16.5 Å². The van der Waals surface area contributed by atoms with Crippen LogP contribution in [0.25, 0.3) is 0 Å². The maximum Gasteiger partial charge on any atom is 0.242 e. The number of carbonyl (C=O) groups excluding carboxylic acids is 1. The third-order valence-corrected chi connectivity index (χ3v) is 9.31. The van der Waals surface area contributed by atoms with E-state index in [1.807, 2.05) is 18.9 Å². The predicted molar refractivity (Wildman–Crippen MR) is 146 cm³/mol. The number of thiol groups is 1. The molecule has 0 aromatic heterocycles. The van der Waals surface area contributed by atoms with E-state index in [9.17, 15) is 4.79 Å². The predicted octanol–water partition coefficient (Wildman–Crippen LogP) is 6.44. The number of nitrogens with two attached hydrogens (primary N) is 2. The topological polar surface area (TPSA) is 75.6 Å². The zero-order valence-corrected chi connectivity index (χ0v) is 25.2. The van der Waals surface area contributed by atoms with Gasteiger partial charge in [0.2, 0.25) is 5.91 Å². The van der Waals surface area contributed by atoms with Gasteiger partial charge in [0.25, 0.3) is 0 Å². The van der Waals surface area contributed by atoms with Crippen molar-refractivity contribution in [3.63, 3.8) is 0 Å². The van der Waals surface area contributed by atoms with Gasteiger partial charge in [-0.15, -0.1) is 11.7 Å². The Morgan fingerprint density at radius 1 is 0.781 bits per heavy atom. The summed E-state index contributed by atoms with van der Waals surface area (Å²) >= 11 is 4.43. The number of amides is 1. The summed E-state index contributed by atoms with van der Waals surface area (Å²) in [5.41, 5.74) is -1.74. The third-order valence-electron chi connectivity index (χ3n) is 7.19. The molecule has 0 fully saturated rings. The van der Waals surface area contributed by atoms with Gasteiger partial charge in [-0.3, -0.25) is 15.6 Å². The van der Waals surface area contributed by atoms with Crippen molar-refractivity contribution < 1.29 is 4.79 Å². The summed E-state index contributed by atoms with van der Waals surface area (Å²) in [5.74, 6) is 13.7. The Morgan fingerprint density at radius 3 is 1.56 bits per heavy atom. The highest BCUT2D eigenvalue weighted by Crippen LogP contribution is 2.42. The lowest BCUT2D eigenvalue weighted by Crippen LogP contribution is -2.64. The lowest BCUT2D eigenvalue weighted by Gasteiger charge is -2.51. The summed E-state index contributed by atoms with van der Waals surface area (Å²) < 4.78 is -0.0209. The first-order chi connectivity index (χ1) is 13.8. The van der Waals surface area contributed by atoms with Gasteiger partial charge in [0.1, 0.15) is 0 Å². The van der Waals surface area contributed by atoms with Crippen molar-refractivity contribution in [3.8, 4) is 0 Å². The van der Waals surface area contributed by atoms with Crippen LogP contribution < -0.4 is 11.7 Å². The molecule has 0 spiro atoms. The largest absolute Gasteiger partial charge is 0.275 e. The molecule has 0 aliphatic carbocycles. The Labute approximate surface area is 208 Å². The van der Waals surface area contributed by atoms with Crippen LogP contribution in [0.4, 0.5) is 0 Å². The van der Waals surface area contributed by atoms with Gasteiger partial charge in [-0.05, 0) is 86.0 Å². The van der Waals surface area contributed by atoms with Crippen molar-refractivity contribution in [3.05, 3.63) is 0 Å². The average molecular weight is 491 g/mol. The molecule has 0 radical (unpaired) electrons. The van der Waals surface area contributed by atoms with Gasteiger partial charge in [-0.2, -0.15) is 0 Å². The first-order valence-corrected chi connectivity index (χ1v) is 13.7. The highest BCUT2D eigenvalue weighted by molar-refractivity contribution is 8.69. The number of carbonyl (C=O) groups is 1. The molecule has 0 saturated carbocycles. The van der Waals surface area contributed by atoms with Crippen LogP contribution in [0.5, 0.6) is 0 Å². The second-order valence-corrected chi connectivity index (χ2v) is 15.7.